The molecule has 118 heavy (non-hydrogen) atoms. The maximum Gasteiger partial charge on any atom is 0.417 e. The molecule has 0 radical (unpaired) electrons. The standard InChI is InChI=1S/C20H22F2N4O3S.C19H15ClF3N5O2S.C19H27F2N3O4.C18H18ClF3N4O3/c21-20(22)8-6-13(7-9-20)18(29)26-11-14(27)10-15(26)17(28)24-19-23-16(25-30-19)12-4-2-1-3-5-12;20-13-6-11(19(21,22)23)8-24-16(13)28-9-12(29)7-14(28)17(30)26-18-25-15(27-31-18)10-4-2-1-3-5-10;1-18(2,3)14-9-15(23-28-14)22-16(26)13-8-12(25)10-24(13)17(27)11-4-6-19(20,21)7-5-11;1-17(2,3)13-6-14(25-29-13)24-16(28)12-5-10(27)8-26(12)15-11(19)4-9(7-23-15)18(20,21)22/h1-5,13-15,27H,6-11H2,(H,23,24,25,28);1-6,8,12,14,29H,7,9H2,(H,25,26,27,30);9,11-13,25H,4-8,10H2,1-3H3,(H,22,23,26);4,6-7,12H,5,8H2,1-3H3,(H,24,25,28)/t14-,15-;12-,14-;12-,13-;12-/m0000/s1. The predicted molar refractivity (Wildman–Crippen MR) is 413 cm³/mol. The Morgan fingerprint density at radius 1 is 0.508 bits per heavy atom. The summed E-state index contributed by atoms with van der Waals surface area (Å²) in [5.74, 6) is -7.06. The molecule has 634 valence electrons. The number of likely N-dealkylation sites (tertiary alicyclic amines) is 2. The monoisotopic (exact) mass is 1730 g/mol. The number of anilines is 6. The highest BCUT2D eigenvalue weighted by atomic mass is 35.5. The fraction of sp³-hybridized carbons (Fsp3) is 0.487. The van der Waals surface area contributed by atoms with Gasteiger partial charge in [0.15, 0.2) is 29.1 Å². The van der Waals surface area contributed by atoms with Crippen LogP contribution in [0.2, 0.25) is 10.0 Å². The van der Waals surface area contributed by atoms with Crippen molar-refractivity contribution in [2.75, 3.05) is 57.2 Å². The van der Waals surface area contributed by atoms with Crippen molar-refractivity contribution in [3.8, 4) is 22.8 Å². The molecule has 8 aromatic rings. The van der Waals surface area contributed by atoms with Gasteiger partial charge in [-0.05, 0) is 37.8 Å². The minimum atomic E-state index is -4.61. The number of ketones is 1. The van der Waals surface area contributed by atoms with E-state index < -0.39 is 113 Å². The third-order valence-electron chi connectivity index (χ3n) is 20.1. The van der Waals surface area contributed by atoms with Crippen molar-refractivity contribution in [3.05, 3.63) is 130 Å². The van der Waals surface area contributed by atoms with E-state index in [0.29, 0.717) is 40.7 Å². The number of aromatic nitrogens is 8. The molecule has 2 aliphatic carbocycles. The second-order valence-electron chi connectivity index (χ2n) is 31.2. The summed E-state index contributed by atoms with van der Waals surface area (Å²) >= 11 is 14.0. The number of carbonyl (C=O) groups excluding carboxylic acids is 7. The van der Waals surface area contributed by atoms with Crippen LogP contribution in [0.25, 0.3) is 22.8 Å². The topological polar surface area (TPSA) is 371 Å². The van der Waals surface area contributed by atoms with E-state index in [1.807, 2.05) is 102 Å². The summed E-state index contributed by atoms with van der Waals surface area (Å²) in [7, 11) is 0. The van der Waals surface area contributed by atoms with E-state index in [2.05, 4.69) is 60.3 Å². The van der Waals surface area contributed by atoms with Gasteiger partial charge in [0.05, 0.1) is 46.0 Å². The van der Waals surface area contributed by atoms with E-state index in [1.165, 1.54) is 19.6 Å². The average molecular weight is 1740 g/mol. The van der Waals surface area contributed by atoms with Crippen molar-refractivity contribution in [1.29, 1.82) is 0 Å². The number of nitrogens with one attached hydrogen (secondary N) is 4. The van der Waals surface area contributed by atoms with Crippen LogP contribution in [0.1, 0.15) is 141 Å². The van der Waals surface area contributed by atoms with Crippen LogP contribution in [0.3, 0.4) is 0 Å². The highest BCUT2D eigenvalue weighted by Gasteiger charge is 2.48. The number of pyridine rings is 2. The summed E-state index contributed by atoms with van der Waals surface area (Å²) < 4.78 is 150. The second kappa shape index (κ2) is 36.4. The van der Waals surface area contributed by atoms with Crippen LogP contribution in [0, 0.1) is 11.8 Å². The predicted octanol–water partition coefficient (Wildman–Crippen LogP) is 13.3. The van der Waals surface area contributed by atoms with Crippen molar-refractivity contribution in [2.24, 2.45) is 11.8 Å². The molecule has 0 bridgehead atoms. The third-order valence-corrected chi connectivity index (χ3v) is 21.9. The lowest BCUT2D eigenvalue weighted by Crippen LogP contribution is -2.47. The van der Waals surface area contributed by atoms with Gasteiger partial charge in [-0.2, -0.15) is 45.1 Å². The van der Waals surface area contributed by atoms with Crippen molar-refractivity contribution in [3.63, 3.8) is 0 Å². The first-order valence-corrected chi connectivity index (χ1v) is 39.5. The molecule has 7 N–H and O–H groups in total. The molecule has 2 aromatic carbocycles. The van der Waals surface area contributed by atoms with Crippen LogP contribution in [-0.4, -0.2) is 186 Å². The molecule has 10 heterocycles. The smallest absolute Gasteiger partial charge is 0.391 e. The molecule has 7 atom stereocenters. The SMILES string of the molecule is CC(C)(C)c1cc(NC(=O)[C@@H]2CC(=O)CN2c2ncc(C(F)(F)F)cc2Cl)no1.CC(C)(C)c1cc(NC(=O)[C@@H]2C[C@H](O)CN2C(=O)C2CCC(F)(F)CC2)no1.O=C(Nc1nc(-c2ccccc2)ns1)[C@@H]1C[C@H](O)CN1C(=O)C1CCC(F)(F)CC1.O=C(Nc1nc(-c2ccccc2)ns1)[C@@H]1C[C@H](O)CN1c1ncc(C(F)(F)F)cc1Cl. The van der Waals surface area contributed by atoms with E-state index in [9.17, 15) is 92.8 Å². The number of hydrogen-bond acceptors (Lipinski definition) is 24. The van der Waals surface area contributed by atoms with Gasteiger partial charge in [-0.1, -0.05) is 136 Å². The van der Waals surface area contributed by atoms with Gasteiger partial charge in [-0.25, -0.2) is 27.5 Å². The molecule has 42 heteroatoms. The Labute approximate surface area is 686 Å². The molecular formula is C76H82Cl2F10N16O12S2. The Bertz CT molecular complexity index is 4900. The number of nitrogens with zero attached hydrogens (tertiary/aromatic N) is 12. The van der Waals surface area contributed by atoms with Crippen LogP contribution >= 0.6 is 46.3 Å². The van der Waals surface area contributed by atoms with Crippen LogP contribution in [0.15, 0.2) is 106 Å². The number of aliphatic hydroxyl groups is 3. The Morgan fingerprint density at radius 3 is 1.25 bits per heavy atom. The lowest BCUT2D eigenvalue weighted by molar-refractivity contribution is -0.144. The minimum absolute atomic E-state index is 0.00154. The molecule has 0 unspecified atom stereocenters. The first-order chi connectivity index (χ1) is 55.4. The second-order valence-corrected chi connectivity index (χ2v) is 33.6. The summed E-state index contributed by atoms with van der Waals surface area (Å²) in [6, 6.07) is 19.6. The Balaban J connectivity index is 0.000000154. The third kappa shape index (κ3) is 22.5. The summed E-state index contributed by atoms with van der Waals surface area (Å²) in [4.78, 5) is 110. The van der Waals surface area contributed by atoms with Gasteiger partial charge < -0.3 is 54.6 Å². The summed E-state index contributed by atoms with van der Waals surface area (Å²) in [6.45, 7) is 11.4. The van der Waals surface area contributed by atoms with Gasteiger partial charge in [-0.15, -0.1) is 0 Å². The van der Waals surface area contributed by atoms with E-state index in [-0.39, 0.29) is 170 Å². The van der Waals surface area contributed by atoms with Gasteiger partial charge in [0.25, 0.3) is 0 Å². The van der Waals surface area contributed by atoms with Gasteiger partial charge in [0, 0.05) is 152 Å². The Morgan fingerprint density at radius 2 is 0.873 bits per heavy atom. The largest absolute Gasteiger partial charge is 0.417 e. The van der Waals surface area contributed by atoms with E-state index >= 15 is 0 Å². The Hall–Kier alpha value is -9.87. The minimum Gasteiger partial charge on any atom is -0.391 e. The van der Waals surface area contributed by atoms with Crippen molar-refractivity contribution in [2.45, 2.75) is 196 Å². The number of β-amino-alcohol motifs (C(OH)–C–C–N with tert-alkyl or cyclic N) is 3. The van der Waals surface area contributed by atoms with Crippen LogP contribution in [0.5, 0.6) is 0 Å². The van der Waals surface area contributed by atoms with Crippen LogP contribution in [-0.2, 0) is 56.7 Å². The summed E-state index contributed by atoms with van der Waals surface area (Å²) in [6.07, 6.45) is -11.3. The molecule has 2 saturated carbocycles. The lowest BCUT2D eigenvalue weighted by atomic mass is 9.85. The molecule has 6 aliphatic rings. The quantitative estimate of drug-likeness (QED) is 0.0497. The number of Topliss-reactive ketones (excluding diaryl/α,β-unsaturated/α-hetero) is 1. The van der Waals surface area contributed by atoms with Crippen molar-refractivity contribution >= 4 is 121 Å². The number of amides is 6. The molecule has 4 aliphatic heterocycles. The van der Waals surface area contributed by atoms with Gasteiger partial charge in [-0.3, -0.25) is 44.2 Å². The molecule has 6 amide bonds. The van der Waals surface area contributed by atoms with Gasteiger partial charge in [0.1, 0.15) is 47.3 Å². The van der Waals surface area contributed by atoms with E-state index in [1.54, 1.807) is 12.1 Å². The molecule has 4 saturated heterocycles. The highest BCUT2D eigenvalue weighted by molar-refractivity contribution is 7.10. The number of aliphatic hydroxyl groups excluding tert-OH is 3. The van der Waals surface area contributed by atoms with Crippen molar-refractivity contribution in [1.82, 2.24) is 48.8 Å². The molecule has 28 nitrogen and oxygen atoms in total. The summed E-state index contributed by atoms with van der Waals surface area (Å²) in [5.41, 5.74) is -0.998. The van der Waals surface area contributed by atoms with E-state index in [0.717, 1.165) is 46.3 Å². The zero-order valence-electron chi connectivity index (χ0n) is 64.0. The van der Waals surface area contributed by atoms with E-state index in [4.69, 9.17) is 32.2 Å². The summed E-state index contributed by atoms with van der Waals surface area (Å²) in [5, 5.41) is 48.3. The Kier molecular flexibility index (Phi) is 27.4. The first-order valence-electron chi connectivity index (χ1n) is 37.2. The van der Waals surface area contributed by atoms with Crippen LogP contribution in [0.4, 0.5) is 77.4 Å². The molecule has 6 aromatic heterocycles. The normalized spacial score (nSPS) is 21.5. The van der Waals surface area contributed by atoms with Crippen molar-refractivity contribution < 1.29 is 102 Å². The lowest BCUT2D eigenvalue weighted by Gasteiger charge is -2.32. The first kappa shape index (κ1) is 88.9. The fourth-order valence-electron chi connectivity index (χ4n) is 13.8. The average Bonchev–Trinajstić information content (AvgIpc) is 1.46. The van der Waals surface area contributed by atoms with Gasteiger partial charge >= 0.3 is 12.4 Å². The highest BCUT2D eigenvalue weighted by Crippen LogP contribution is 2.43. The maximum atomic E-state index is 13.4. The zero-order chi connectivity index (χ0) is 85.7. The number of carbonyl (C=O) groups is 7. The maximum absolute atomic E-state index is 13.4. The fourth-order valence-corrected chi connectivity index (χ4v) is 15.6. The molecular weight excluding hydrogens is 1650 g/mol. The number of alkyl halides is 10. The van der Waals surface area contributed by atoms with Gasteiger partial charge in [0.2, 0.25) is 57.6 Å². The molecule has 14 rings (SSSR count). The number of rotatable bonds is 14. The van der Waals surface area contributed by atoms with Crippen LogP contribution < -0.4 is 31.1 Å². The number of hydrogen-bond donors (Lipinski definition) is 7. The molecule has 6 fully saturated rings. The number of halogens is 12. The number of benzene rings is 2. The zero-order valence-corrected chi connectivity index (χ0v) is 67.1. The molecule has 0 spiro atoms.